The summed E-state index contributed by atoms with van der Waals surface area (Å²) in [5.74, 6) is -0.508. The summed E-state index contributed by atoms with van der Waals surface area (Å²) in [5.41, 5.74) is 1.77. The minimum absolute atomic E-state index is 0.147. The number of nitrogens with one attached hydrogen (secondary N) is 2. The molecule has 5 nitrogen and oxygen atoms in total. The van der Waals surface area contributed by atoms with Crippen molar-refractivity contribution < 1.29 is 14.0 Å². The van der Waals surface area contributed by atoms with Gasteiger partial charge < -0.3 is 15.5 Å². The predicted octanol–water partition coefficient (Wildman–Crippen LogP) is 1.46. The van der Waals surface area contributed by atoms with E-state index in [-0.39, 0.29) is 17.8 Å². The molecule has 0 aliphatic carbocycles. The number of hydrogen-bond acceptors (Lipinski definition) is 2. The van der Waals surface area contributed by atoms with Gasteiger partial charge in [0.15, 0.2) is 0 Å². The molecule has 3 rings (SSSR count). The van der Waals surface area contributed by atoms with Crippen molar-refractivity contribution in [3.63, 3.8) is 0 Å². The minimum Gasteiger partial charge on any atom is -0.329 e. The fourth-order valence-corrected chi connectivity index (χ4v) is 2.64. The van der Waals surface area contributed by atoms with Crippen LogP contribution < -0.4 is 10.6 Å². The van der Waals surface area contributed by atoms with Crippen molar-refractivity contribution >= 4 is 11.9 Å². The normalized spacial score (nSPS) is 21.0. The molecule has 6 heteroatoms. The average molecular weight is 287 g/mol. The first-order valence-electron chi connectivity index (χ1n) is 6.56. The van der Waals surface area contributed by atoms with Gasteiger partial charge in [0.1, 0.15) is 5.82 Å². The topological polar surface area (TPSA) is 61.4 Å². The molecule has 3 amide bonds. The van der Waals surface area contributed by atoms with Crippen LogP contribution in [0.4, 0.5) is 9.18 Å². The van der Waals surface area contributed by atoms with E-state index in [0.717, 1.165) is 0 Å². The Bertz CT molecular complexity index is 651. The van der Waals surface area contributed by atoms with E-state index >= 15 is 0 Å². The zero-order valence-corrected chi connectivity index (χ0v) is 11.2. The van der Waals surface area contributed by atoms with Crippen molar-refractivity contribution in [3.8, 4) is 0 Å². The highest BCUT2D eigenvalue weighted by Crippen LogP contribution is 2.32. The number of benzene rings is 1. The molecule has 1 aromatic rings. The summed E-state index contributed by atoms with van der Waals surface area (Å²) in [6, 6.07) is 4.84. The monoisotopic (exact) mass is 287 g/mol. The largest absolute Gasteiger partial charge is 0.329 e. The van der Waals surface area contributed by atoms with Crippen molar-refractivity contribution in [2.45, 2.75) is 6.04 Å². The van der Waals surface area contributed by atoms with E-state index < -0.39 is 6.04 Å². The second-order valence-corrected chi connectivity index (χ2v) is 4.95. The molecule has 1 atom stereocenters. The summed E-state index contributed by atoms with van der Waals surface area (Å²) in [7, 11) is 0. The second kappa shape index (κ2) is 5.05. The van der Waals surface area contributed by atoms with Gasteiger partial charge in [0.2, 0.25) is 0 Å². The van der Waals surface area contributed by atoms with Gasteiger partial charge in [-0.05, 0) is 17.7 Å². The van der Waals surface area contributed by atoms with Crippen LogP contribution in [-0.4, -0.2) is 29.9 Å². The highest BCUT2D eigenvalue weighted by Gasteiger charge is 2.39. The van der Waals surface area contributed by atoms with Gasteiger partial charge in [0, 0.05) is 6.54 Å². The van der Waals surface area contributed by atoms with Crippen molar-refractivity contribution in [3.05, 3.63) is 59.6 Å². The third-order valence-corrected chi connectivity index (χ3v) is 3.57. The van der Waals surface area contributed by atoms with E-state index in [4.69, 9.17) is 0 Å². The van der Waals surface area contributed by atoms with Crippen LogP contribution in [0, 0.1) is 5.82 Å². The molecule has 0 saturated carbocycles. The van der Waals surface area contributed by atoms with Crippen LogP contribution in [0.1, 0.15) is 11.6 Å². The molecular formula is C15H14FN3O2. The lowest BCUT2D eigenvalue weighted by Gasteiger charge is -2.25. The lowest BCUT2D eigenvalue weighted by molar-refractivity contribution is -0.125. The zero-order valence-electron chi connectivity index (χ0n) is 11.2. The predicted molar refractivity (Wildman–Crippen MR) is 74.6 cm³/mol. The molecule has 0 bridgehead atoms. The second-order valence-electron chi connectivity index (χ2n) is 4.95. The number of halogens is 1. The number of nitrogens with zero attached hydrogens (tertiary/aromatic N) is 1. The zero-order chi connectivity index (χ0) is 15.0. The summed E-state index contributed by atoms with van der Waals surface area (Å²) in [5, 5.41) is 5.38. The van der Waals surface area contributed by atoms with E-state index in [1.54, 1.807) is 23.1 Å². The smallest absolute Gasteiger partial charge is 0.319 e. The SMILES string of the molecule is C=CCN1CC2=C(C1=O)C(c1ccc(F)cc1)NC(=O)N2. The Labute approximate surface area is 121 Å². The highest BCUT2D eigenvalue weighted by atomic mass is 19.1. The maximum Gasteiger partial charge on any atom is 0.319 e. The molecule has 2 N–H and O–H groups in total. The molecule has 0 radical (unpaired) electrons. The van der Waals surface area contributed by atoms with Crippen molar-refractivity contribution in [1.82, 2.24) is 15.5 Å². The molecule has 1 aromatic carbocycles. The molecule has 0 saturated heterocycles. The van der Waals surface area contributed by atoms with E-state index in [1.165, 1.54) is 12.1 Å². The van der Waals surface area contributed by atoms with Crippen molar-refractivity contribution in [2.75, 3.05) is 13.1 Å². The molecule has 108 valence electrons. The number of hydrogen-bond donors (Lipinski definition) is 2. The molecule has 21 heavy (non-hydrogen) atoms. The van der Waals surface area contributed by atoms with Crippen LogP contribution in [0.15, 0.2) is 48.2 Å². The third kappa shape index (κ3) is 2.29. The van der Waals surface area contributed by atoms with Crippen molar-refractivity contribution in [2.24, 2.45) is 0 Å². The van der Waals surface area contributed by atoms with Crippen LogP contribution in [0.5, 0.6) is 0 Å². The fraction of sp³-hybridized carbons (Fsp3) is 0.200. The fourth-order valence-electron chi connectivity index (χ4n) is 2.64. The van der Waals surface area contributed by atoms with Crippen LogP contribution in [0.3, 0.4) is 0 Å². The van der Waals surface area contributed by atoms with Gasteiger partial charge in [-0.2, -0.15) is 0 Å². The highest BCUT2D eigenvalue weighted by molar-refractivity contribution is 6.01. The van der Waals surface area contributed by atoms with Gasteiger partial charge in [-0.15, -0.1) is 6.58 Å². The first-order chi connectivity index (χ1) is 10.1. The lowest BCUT2D eigenvalue weighted by atomic mass is 9.96. The van der Waals surface area contributed by atoms with E-state index in [0.29, 0.717) is 29.9 Å². The quantitative estimate of drug-likeness (QED) is 0.827. The number of carbonyl (C=O) groups is 2. The average Bonchev–Trinajstić information content (AvgIpc) is 2.76. The molecule has 2 aliphatic heterocycles. The van der Waals surface area contributed by atoms with Crippen LogP contribution in [-0.2, 0) is 4.79 Å². The molecule has 0 aromatic heterocycles. The number of amides is 3. The Kier molecular flexibility index (Phi) is 3.21. The van der Waals surface area contributed by atoms with Gasteiger partial charge >= 0.3 is 6.03 Å². The van der Waals surface area contributed by atoms with Crippen molar-refractivity contribution in [1.29, 1.82) is 0 Å². The Morgan fingerprint density at radius 3 is 2.71 bits per heavy atom. The Hall–Kier alpha value is -2.63. The van der Waals surface area contributed by atoms with Gasteiger partial charge in [-0.25, -0.2) is 9.18 Å². The van der Waals surface area contributed by atoms with Gasteiger partial charge in [0.05, 0.1) is 23.9 Å². The standard InChI is InChI=1S/C15H14FN3O2/c1-2-7-19-8-11-12(14(19)20)13(18-15(21)17-11)9-3-5-10(16)6-4-9/h2-6,13H,1,7-8H2,(H2,17,18,21). The first-order valence-corrected chi connectivity index (χ1v) is 6.56. The summed E-state index contributed by atoms with van der Waals surface area (Å²) in [4.78, 5) is 25.8. The number of carbonyl (C=O) groups excluding carboxylic acids is 2. The molecule has 1 unspecified atom stereocenters. The summed E-state index contributed by atoms with van der Waals surface area (Å²) in [6.07, 6.45) is 1.64. The third-order valence-electron chi connectivity index (χ3n) is 3.57. The van der Waals surface area contributed by atoms with Crippen LogP contribution in [0.25, 0.3) is 0 Å². The Morgan fingerprint density at radius 2 is 2.05 bits per heavy atom. The molecular weight excluding hydrogens is 273 g/mol. The van der Waals surface area contributed by atoms with E-state index in [1.807, 2.05) is 0 Å². The lowest BCUT2D eigenvalue weighted by Crippen LogP contribution is -2.44. The summed E-state index contributed by atoms with van der Waals surface area (Å²) >= 11 is 0. The summed E-state index contributed by atoms with van der Waals surface area (Å²) in [6.45, 7) is 4.39. The van der Waals surface area contributed by atoms with Crippen LogP contribution >= 0.6 is 0 Å². The first kappa shape index (κ1) is 13.4. The van der Waals surface area contributed by atoms with E-state index in [2.05, 4.69) is 17.2 Å². The maximum atomic E-state index is 13.0. The van der Waals surface area contributed by atoms with Gasteiger partial charge in [-0.1, -0.05) is 18.2 Å². The molecule has 0 spiro atoms. The molecule has 0 fully saturated rings. The molecule has 2 heterocycles. The maximum absolute atomic E-state index is 13.0. The van der Waals surface area contributed by atoms with Crippen LogP contribution in [0.2, 0.25) is 0 Å². The van der Waals surface area contributed by atoms with Gasteiger partial charge in [-0.3, -0.25) is 4.79 Å². The van der Waals surface area contributed by atoms with E-state index in [9.17, 15) is 14.0 Å². The molecule has 2 aliphatic rings. The Morgan fingerprint density at radius 1 is 1.33 bits per heavy atom. The minimum atomic E-state index is -0.559. The number of urea groups is 1. The van der Waals surface area contributed by atoms with Gasteiger partial charge in [0.25, 0.3) is 5.91 Å². The number of rotatable bonds is 3. The Balaban J connectivity index is 1.98. The summed E-state index contributed by atoms with van der Waals surface area (Å²) < 4.78 is 13.0.